The zero-order valence-electron chi connectivity index (χ0n) is 10.9. The molecule has 0 aliphatic rings. The summed E-state index contributed by atoms with van der Waals surface area (Å²) in [5.74, 6) is -0.427. The number of benzene rings is 1. The van der Waals surface area contributed by atoms with Crippen molar-refractivity contribution in [3.8, 4) is 0 Å². The number of amides is 1. The van der Waals surface area contributed by atoms with Crippen LogP contribution in [0.1, 0.15) is 21.6 Å². The highest BCUT2D eigenvalue weighted by molar-refractivity contribution is 7.89. The molecule has 3 N–H and O–H groups in total. The average molecular weight is 311 g/mol. The SMILES string of the molecule is Cc1csc(NC(=O)c2ccc(C)c(S(N)(=O)=O)c2)n1. The number of primary sulfonamides is 1. The molecule has 8 heteroatoms. The molecule has 1 aromatic carbocycles. The minimum Gasteiger partial charge on any atom is -0.298 e. The molecule has 0 bridgehead atoms. The van der Waals surface area contributed by atoms with Crippen LogP contribution in [0.4, 0.5) is 5.13 Å². The van der Waals surface area contributed by atoms with E-state index in [4.69, 9.17) is 5.14 Å². The first-order valence-corrected chi connectivity index (χ1v) is 8.07. The standard InChI is InChI=1S/C12H13N3O3S2/c1-7-3-4-9(5-10(7)20(13,17)18)11(16)15-12-14-8(2)6-19-12/h3-6H,1-2H3,(H2,13,17,18)(H,14,15,16). The van der Waals surface area contributed by atoms with Gasteiger partial charge in [0.1, 0.15) is 0 Å². The minimum absolute atomic E-state index is 0.0551. The predicted octanol–water partition coefficient (Wildman–Crippen LogP) is 1.66. The number of sulfonamides is 1. The van der Waals surface area contributed by atoms with E-state index in [9.17, 15) is 13.2 Å². The summed E-state index contributed by atoms with van der Waals surface area (Å²) in [4.78, 5) is 16.1. The highest BCUT2D eigenvalue weighted by Gasteiger charge is 2.15. The van der Waals surface area contributed by atoms with Crippen LogP contribution in [-0.4, -0.2) is 19.3 Å². The fraction of sp³-hybridized carbons (Fsp3) is 0.167. The Kier molecular flexibility index (Phi) is 3.89. The fourth-order valence-corrected chi connectivity index (χ4v) is 3.12. The van der Waals surface area contributed by atoms with Crippen LogP contribution in [0.3, 0.4) is 0 Å². The molecule has 20 heavy (non-hydrogen) atoms. The first-order chi connectivity index (χ1) is 9.27. The molecule has 2 aromatic rings. The maximum Gasteiger partial charge on any atom is 0.257 e. The summed E-state index contributed by atoms with van der Waals surface area (Å²) < 4.78 is 22.9. The Hall–Kier alpha value is -1.77. The number of carbonyl (C=O) groups is 1. The lowest BCUT2D eigenvalue weighted by molar-refractivity contribution is 0.102. The van der Waals surface area contributed by atoms with Crippen molar-refractivity contribution in [3.05, 3.63) is 40.4 Å². The second kappa shape index (κ2) is 5.31. The molecule has 0 saturated heterocycles. The number of anilines is 1. The third-order valence-corrected chi connectivity index (χ3v) is 4.52. The number of carbonyl (C=O) groups excluding carboxylic acids is 1. The average Bonchev–Trinajstić information content (AvgIpc) is 2.73. The van der Waals surface area contributed by atoms with E-state index in [1.54, 1.807) is 24.4 Å². The van der Waals surface area contributed by atoms with Crippen molar-refractivity contribution < 1.29 is 13.2 Å². The van der Waals surface area contributed by atoms with Gasteiger partial charge in [-0.3, -0.25) is 10.1 Å². The Balaban J connectivity index is 2.31. The van der Waals surface area contributed by atoms with E-state index in [1.165, 1.54) is 17.4 Å². The Morgan fingerprint density at radius 3 is 2.60 bits per heavy atom. The smallest absolute Gasteiger partial charge is 0.257 e. The molecule has 0 unspecified atom stereocenters. The second-order valence-electron chi connectivity index (χ2n) is 4.27. The van der Waals surface area contributed by atoms with Gasteiger partial charge in [-0.1, -0.05) is 6.07 Å². The first kappa shape index (κ1) is 14.6. The van der Waals surface area contributed by atoms with E-state index in [0.717, 1.165) is 5.69 Å². The van der Waals surface area contributed by atoms with Gasteiger partial charge in [-0.2, -0.15) is 0 Å². The third-order valence-electron chi connectivity index (χ3n) is 2.60. The minimum atomic E-state index is -3.85. The van der Waals surface area contributed by atoms with Crippen molar-refractivity contribution >= 4 is 32.4 Å². The van der Waals surface area contributed by atoms with E-state index in [0.29, 0.717) is 10.7 Å². The Bertz CT molecular complexity index is 766. The topological polar surface area (TPSA) is 102 Å². The summed E-state index contributed by atoms with van der Waals surface area (Å²) in [6.07, 6.45) is 0. The summed E-state index contributed by atoms with van der Waals surface area (Å²) in [7, 11) is -3.85. The lowest BCUT2D eigenvalue weighted by Gasteiger charge is -2.06. The second-order valence-corrected chi connectivity index (χ2v) is 6.66. The van der Waals surface area contributed by atoms with Crippen LogP contribution in [0, 0.1) is 13.8 Å². The van der Waals surface area contributed by atoms with Gasteiger partial charge in [0.15, 0.2) is 5.13 Å². The van der Waals surface area contributed by atoms with Crippen LogP contribution in [0.15, 0.2) is 28.5 Å². The van der Waals surface area contributed by atoms with Crippen molar-refractivity contribution in [1.29, 1.82) is 0 Å². The summed E-state index contributed by atoms with van der Waals surface area (Å²) in [6, 6.07) is 4.35. The van der Waals surface area contributed by atoms with Crippen molar-refractivity contribution in [2.75, 3.05) is 5.32 Å². The van der Waals surface area contributed by atoms with Gasteiger partial charge >= 0.3 is 0 Å². The lowest BCUT2D eigenvalue weighted by Crippen LogP contribution is -2.17. The van der Waals surface area contributed by atoms with Crippen molar-refractivity contribution in [3.63, 3.8) is 0 Å². The number of nitrogens with zero attached hydrogens (tertiary/aromatic N) is 1. The number of aromatic nitrogens is 1. The quantitative estimate of drug-likeness (QED) is 0.899. The van der Waals surface area contributed by atoms with Gasteiger partial charge in [0.05, 0.1) is 10.6 Å². The van der Waals surface area contributed by atoms with Crippen molar-refractivity contribution in [2.24, 2.45) is 5.14 Å². The number of thiazole rings is 1. The zero-order chi connectivity index (χ0) is 14.9. The molecular formula is C12H13N3O3S2. The third kappa shape index (κ3) is 3.21. The van der Waals surface area contributed by atoms with E-state index in [2.05, 4.69) is 10.3 Å². The Morgan fingerprint density at radius 2 is 2.05 bits per heavy atom. The molecule has 0 spiro atoms. The van der Waals surface area contributed by atoms with Crippen molar-refractivity contribution in [1.82, 2.24) is 4.98 Å². The lowest BCUT2D eigenvalue weighted by atomic mass is 10.1. The van der Waals surface area contributed by atoms with E-state index < -0.39 is 15.9 Å². The summed E-state index contributed by atoms with van der Waals surface area (Å²) in [6.45, 7) is 3.43. The summed E-state index contributed by atoms with van der Waals surface area (Å²) >= 11 is 1.30. The molecular weight excluding hydrogens is 298 g/mol. The number of hydrogen-bond donors (Lipinski definition) is 2. The van der Waals surface area contributed by atoms with Gasteiger partial charge in [-0.05, 0) is 31.5 Å². The molecule has 2 rings (SSSR count). The number of hydrogen-bond acceptors (Lipinski definition) is 5. The number of aryl methyl sites for hydroxylation is 2. The van der Waals surface area contributed by atoms with Crippen LogP contribution in [-0.2, 0) is 10.0 Å². The van der Waals surface area contributed by atoms with Crippen molar-refractivity contribution in [2.45, 2.75) is 18.7 Å². The molecule has 0 fully saturated rings. The number of nitrogens with two attached hydrogens (primary N) is 1. The zero-order valence-corrected chi connectivity index (χ0v) is 12.5. The van der Waals surface area contributed by atoms with Crippen LogP contribution >= 0.6 is 11.3 Å². The van der Waals surface area contributed by atoms with Gasteiger partial charge < -0.3 is 0 Å². The molecule has 0 atom stereocenters. The Labute approximate surface area is 120 Å². The molecule has 0 radical (unpaired) electrons. The summed E-state index contributed by atoms with van der Waals surface area (Å²) in [5, 5.41) is 9.99. The molecule has 1 amide bonds. The van der Waals surface area contributed by atoms with Crippen LogP contribution in [0.5, 0.6) is 0 Å². The van der Waals surface area contributed by atoms with Crippen LogP contribution in [0.2, 0.25) is 0 Å². The van der Waals surface area contributed by atoms with E-state index in [-0.39, 0.29) is 10.5 Å². The van der Waals surface area contributed by atoms with Crippen LogP contribution in [0.25, 0.3) is 0 Å². The normalized spacial score (nSPS) is 11.3. The van der Waals surface area contributed by atoms with E-state index in [1.807, 2.05) is 6.92 Å². The highest BCUT2D eigenvalue weighted by atomic mass is 32.2. The van der Waals surface area contributed by atoms with Gasteiger partial charge in [0.25, 0.3) is 5.91 Å². The van der Waals surface area contributed by atoms with E-state index >= 15 is 0 Å². The fourth-order valence-electron chi connectivity index (χ4n) is 1.63. The monoisotopic (exact) mass is 311 g/mol. The Morgan fingerprint density at radius 1 is 1.35 bits per heavy atom. The number of nitrogens with one attached hydrogen (secondary N) is 1. The van der Waals surface area contributed by atoms with Gasteiger partial charge in [-0.15, -0.1) is 11.3 Å². The van der Waals surface area contributed by atoms with Gasteiger partial charge in [0, 0.05) is 10.9 Å². The molecule has 1 heterocycles. The molecule has 1 aromatic heterocycles. The molecule has 0 saturated carbocycles. The first-order valence-electron chi connectivity index (χ1n) is 5.64. The molecule has 0 aliphatic carbocycles. The highest BCUT2D eigenvalue weighted by Crippen LogP contribution is 2.19. The molecule has 106 valence electrons. The number of rotatable bonds is 3. The molecule has 0 aliphatic heterocycles. The maximum atomic E-state index is 12.0. The van der Waals surface area contributed by atoms with Gasteiger partial charge in [-0.25, -0.2) is 18.5 Å². The van der Waals surface area contributed by atoms with Gasteiger partial charge in [0.2, 0.25) is 10.0 Å². The maximum absolute atomic E-state index is 12.0. The molecule has 6 nitrogen and oxygen atoms in total. The largest absolute Gasteiger partial charge is 0.298 e. The predicted molar refractivity (Wildman–Crippen MR) is 77.4 cm³/mol. The van der Waals surface area contributed by atoms with Crippen LogP contribution < -0.4 is 10.5 Å². The summed E-state index contributed by atoms with van der Waals surface area (Å²) in [5.41, 5.74) is 1.51.